The lowest BCUT2D eigenvalue weighted by atomic mass is 10.2. The molecular formula is C28H32F3N9O4. The van der Waals surface area contributed by atoms with Crippen molar-refractivity contribution in [3.8, 4) is 17.3 Å². The summed E-state index contributed by atoms with van der Waals surface area (Å²) in [6, 6.07) is 11.2. The molecule has 6 rings (SSSR count). The molecule has 13 nitrogen and oxygen atoms in total. The number of hydrogen-bond acceptors (Lipinski definition) is 10. The Balaban J connectivity index is 1.18. The number of furan rings is 1. The van der Waals surface area contributed by atoms with Crippen LogP contribution in [0.15, 0.2) is 51.9 Å². The number of piperazine rings is 1. The molecule has 5 heterocycles. The summed E-state index contributed by atoms with van der Waals surface area (Å²) in [6.07, 6.45) is -2.42. The summed E-state index contributed by atoms with van der Waals surface area (Å²) in [5.41, 5.74) is 6.28. The number of halogens is 3. The van der Waals surface area contributed by atoms with Gasteiger partial charge in [0.15, 0.2) is 17.1 Å². The van der Waals surface area contributed by atoms with Gasteiger partial charge in [0.25, 0.3) is 0 Å². The maximum absolute atomic E-state index is 13.6. The minimum absolute atomic E-state index is 0.0148. The van der Waals surface area contributed by atoms with Gasteiger partial charge < -0.3 is 24.5 Å². The van der Waals surface area contributed by atoms with Crippen LogP contribution < -0.4 is 21.1 Å². The van der Waals surface area contributed by atoms with Gasteiger partial charge in [-0.3, -0.25) is 14.0 Å². The highest BCUT2D eigenvalue weighted by molar-refractivity contribution is 5.88. The molecule has 0 amide bonds. The Kier molecular flexibility index (Phi) is 8.18. The molecule has 16 heteroatoms. The van der Waals surface area contributed by atoms with E-state index >= 15 is 0 Å². The number of nitrogens with zero attached hydrogens (tertiary/aromatic N) is 8. The van der Waals surface area contributed by atoms with Crippen molar-refractivity contribution >= 4 is 28.4 Å². The molecule has 0 radical (unpaired) electrons. The van der Waals surface area contributed by atoms with Crippen LogP contribution in [0.3, 0.4) is 0 Å². The van der Waals surface area contributed by atoms with Gasteiger partial charge >= 0.3 is 11.9 Å². The molecule has 1 aliphatic rings. The average molecular weight is 616 g/mol. The number of benzene rings is 1. The standard InChI is InChI=1S/C28H32F3N9O4/c1-42-15-3-17-43-20-7-5-19(6-8-20)37-12-9-36(10-13-37)11-14-38-24-22(39(27(38)41)18-28(29,30)31)25-33-23(21-4-2-16-44-21)35-40(25)26(32)34-24/h2,4-8,16H,3,9-15,17-18H2,1H3,(H2,32,34). The fourth-order valence-electron chi connectivity index (χ4n) is 5.35. The van der Waals surface area contributed by atoms with Gasteiger partial charge in [-0.05, 0) is 36.4 Å². The van der Waals surface area contributed by atoms with E-state index in [0.29, 0.717) is 43.2 Å². The lowest BCUT2D eigenvalue weighted by Gasteiger charge is -2.36. The molecular weight excluding hydrogens is 583 g/mol. The number of anilines is 2. The number of nitrogen functional groups attached to an aromatic ring is 1. The highest BCUT2D eigenvalue weighted by Gasteiger charge is 2.33. The van der Waals surface area contributed by atoms with Crippen LogP contribution >= 0.6 is 0 Å². The smallest absolute Gasteiger partial charge is 0.406 e. The quantitative estimate of drug-likeness (QED) is 0.221. The van der Waals surface area contributed by atoms with E-state index in [9.17, 15) is 18.0 Å². The minimum atomic E-state index is -4.66. The van der Waals surface area contributed by atoms with Crippen LogP contribution in [0.4, 0.5) is 24.8 Å². The van der Waals surface area contributed by atoms with Gasteiger partial charge in [0.1, 0.15) is 17.8 Å². The van der Waals surface area contributed by atoms with E-state index in [1.165, 1.54) is 10.8 Å². The van der Waals surface area contributed by atoms with Crippen molar-refractivity contribution in [2.75, 3.05) is 63.7 Å². The zero-order chi connectivity index (χ0) is 30.8. The van der Waals surface area contributed by atoms with Crippen molar-refractivity contribution in [3.05, 3.63) is 53.1 Å². The number of fused-ring (bicyclic) bond motifs is 3. The Bertz CT molecular complexity index is 1770. The Hall–Kier alpha value is -4.57. The minimum Gasteiger partial charge on any atom is -0.494 e. The van der Waals surface area contributed by atoms with Crippen LogP contribution in [-0.2, 0) is 17.8 Å². The fourth-order valence-corrected chi connectivity index (χ4v) is 5.35. The molecule has 0 unspecified atom stereocenters. The topological polar surface area (TPSA) is 134 Å². The first-order chi connectivity index (χ1) is 21.2. The molecule has 0 bridgehead atoms. The van der Waals surface area contributed by atoms with Crippen molar-refractivity contribution in [1.82, 2.24) is 33.6 Å². The third-order valence-corrected chi connectivity index (χ3v) is 7.51. The fraction of sp³-hybridized carbons (Fsp3) is 0.429. The zero-order valence-electron chi connectivity index (χ0n) is 24.0. The third kappa shape index (κ3) is 6.07. The van der Waals surface area contributed by atoms with Gasteiger partial charge in [0, 0.05) is 65.1 Å². The molecule has 0 saturated carbocycles. The van der Waals surface area contributed by atoms with E-state index < -0.39 is 18.4 Å². The van der Waals surface area contributed by atoms with Gasteiger partial charge in [-0.25, -0.2) is 9.78 Å². The number of methoxy groups -OCH3 is 1. The van der Waals surface area contributed by atoms with Crippen LogP contribution in [0.5, 0.6) is 5.75 Å². The van der Waals surface area contributed by atoms with Crippen LogP contribution in [0, 0.1) is 0 Å². The van der Waals surface area contributed by atoms with E-state index in [-0.39, 0.29) is 35.1 Å². The van der Waals surface area contributed by atoms with Crippen LogP contribution in [0.1, 0.15) is 6.42 Å². The van der Waals surface area contributed by atoms with Gasteiger partial charge in [0.2, 0.25) is 11.8 Å². The lowest BCUT2D eigenvalue weighted by molar-refractivity contribution is -0.140. The maximum Gasteiger partial charge on any atom is 0.406 e. The first-order valence-electron chi connectivity index (χ1n) is 14.2. The second-order valence-electron chi connectivity index (χ2n) is 10.4. The number of nitrogens with two attached hydrogens (primary N) is 1. The molecule has 1 aromatic carbocycles. The van der Waals surface area contributed by atoms with Gasteiger partial charge in [0.05, 0.1) is 12.9 Å². The summed E-state index contributed by atoms with van der Waals surface area (Å²) in [7, 11) is 1.66. The highest BCUT2D eigenvalue weighted by Crippen LogP contribution is 2.26. The third-order valence-electron chi connectivity index (χ3n) is 7.51. The van der Waals surface area contributed by atoms with E-state index in [4.69, 9.17) is 19.6 Å². The Morgan fingerprint density at radius 2 is 1.75 bits per heavy atom. The molecule has 0 spiro atoms. The molecule has 0 aliphatic carbocycles. The summed E-state index contributed by atoms with van der Waals surface area (Å²) in [5, 5.41) is 4.25. The molecule has 44 heavy (non-hydrogen) atoms. The van der Waals surface area contributed by atoms with Gasteiger partial charge in [-0.1, -0.05) is 0 Å². The number of rotatable bonds is 11. The summed E-state index contributed by atoms with van der Waals surface area (Å²) in [6.45, 7) is 3.21. The van der Waals surface area contributed by atoms with E-state index in [1.807, 2.05) is 24.3 Å². The highest BCUT2D eigenvalue weighted by atomic mass is 19.4. The first-order valence-corrected chi connectivity index (χ1v) is 14.2. The number of imidazole rings is 1. The molecule has 1 fully saturated rings. The predicted octanol–water partition coefficient (Wildman–Crippen LogP) is 2.88. The second-order valence-corrected chi connectivity index (χ2v) is 10.4. The Labute approximate surface area is 249 Å². The van der Waals surface area contributed by atoms with Crippen molar-refractivity contribution in [3.63, 3.8) is 0 Å². The largest absolute Gasteiger partial charge is 0.494 e. The molecule has 234 valence electrons. The Morgan fingerprint density at radius 1 is 0.977 bits per heavy atom. The van der Waals surface area contributed by atoms with E-state index in [0.717, 1.165) is 35.5 Å². The lowest BCUT2D eigenvalue weighted by Crippen LogP contribution is -2.47. The van der Waals surface area contributed by atoms with Crippen LogP contribution in [0.2, 0.25) is 0 Å². The predicted molar refractivity (Wildman–Crippen MR) is 156 cm³/mol. The van der Waals surface area contributed by atoms with Gasteiger partial charge in [-0.2, -0.15) is 22.7 Å². The average Bonchev–Trinajstić information content (AvgIpc) is 3.74. The maximum atomic E-state index is 13.6. The molecule has 4 aromatic heterocycles. The normalized spacial score (nSPS) is 14.7. The number of hydrogen-bond donors (Lipinski definition) is 1. The molecule has 5 aromatic rings. The van der Waals surface area contributed by atoms with Crippen LogP contribution in [-0.4, -0.2) is 92.8 Å². The van der Waals surface area contributed by atoms with Gasteiger partial charge in [-0.15, -0.1) is 5.10 Å². The SMILES string of the molecule is COCCCOc1ccc(N2CCN(CCn3c(=O)n(CC(F)(F)F)c4c3nc(N)n3nc(-c5ccco5)nc43)CC2)cc1. The second kappa shape index (κ2) is 12.2. The Morgan fingerprint density at radius 3 is 2.43 bits per heavy atom. The van der Waals surface area contributed by atoms with Crippen molar-refractivity contribution in [1.29, 1.82) is 0 Å². The monoisotopic (exact) mass is 615 g/mol. The molecule has 2 N–H and O–H groups in total. The summed E-state index contributed by atoms with van der Waals surface area (Å²) < 4.78 is 60.0. The number of alkyl halides is 3. The molecule has 0 atom stereocenters. The molecule has 1 saturated heterocycles. The zero-order valence-corrected chi connectivity index (χ0v) is 24.0. The van der Waals surface area contributed by atoms with E-state index in [2.05, 4.69) is 24.9 Å². The number of aromatic nitrogens is 6. The van der Waals surface area contributed by atoms with Crippen molar-refractivity contribution in [2.45, 2.75) is 25.7 Å². The number of ether oxygens (including phenoxy) is 2. The van der Waals surface area contributed by atoms with E-state index in [1.54, 1.807) is 19.2 Å². The molecule has 1 aliphatic heterocycles. The summed E-state index contributed by atoms with van der Waals surface area (Å²) >= 11 is 0. The summed E-state index contributed by atoms with van der Waals surface area (Å²) in [4.78, 5) is 26.5. The van der Waals surface area contributed by atoms with Crippen molar-refractivity contribution < 1.29 is 27.1 Å². The summed E-state index contributed by atoms with van der Waals surface area (Å²) in [5.74, 6) is 1.09. The van der Waals surface area contributed by atoms with Crippen molar-refractivity contribution in [2.24, 2.45) is 0 Å². The van der Waals surface area contributed by atoms with Crippen LogP contribution in [0.25, 0.3) is 28.4 Å². The first kappa shape index (κ1) is 29.5.